The molecule has 0 nitrogen and oxygen atoms in total. The average Bonchev–Trinajstić information content (AvgIpc) is 1.80. The molecule has 7 heteroatoms. The van der Waals surface area contributed by atoms with Gasteiger partial charge in [-0.25, -0.2) is 0 Å². The first-order valence-corrected chi connectivity index (χ1v) is 9.25. The summed E-state index contributed by atoms with van der Waals surface area (Å²) in [4.78, 5) is -4.13. The largest absolute Gasteiger partial charge is 0.363 e. The monoisotopic (exact) mass is 358 g/mol. The first-order valence-electron chi connectivity index (χ1n) is 3.96. The van der Waals surface area contributed by atoms with Gasteiger partial charge in [-0.2, -0.15) is 17.6 Å². The van der Waals surface area contributed by atoms with Gasteiger partial charge in [0.15, 0.2) is 0 Å². The van der Waals surface area contributed by atoms with Crippen molar-refractivity contribution in [3.05, 3.63) is 0 Å². The van der Waals surface area contributed by atoms with Crippen molar-refractivity contribution >= 4 is 39.9 Å². The minimum absolute atomic E-state index is 0.534. The third-order valence-electron chi connectivity index (χ3n) is 1.79. The zero-order valence-electron chi connectivity index (χ0n) is 8.05. The molecule has 0 aliphatic heterocycles. The van der Waals surface area contributed by atoms with E-state index in [1.807, 2.05) is 19.6 Å². The van der Waals surface area contributed by atoms with Crippen LogP contribution >= 0.6 is 31.9 Å². The van der Waals surface area contributed by atoms with E-state index in [2.05, 4.69) is 15.9 Å². The van der Waals surface area contributed by atoms with Gasteiger partial charge in [-0.3, -0.25) is 0 Å². The highest BCUT2D eigenvalue weighted by Gasteiger charge is 2.55. The molecule has 0 heterocycles. The van der Waals surface area contributed by atoms with Crippen LogP contribution in [-0.4, -0.2) is 23.3 Å². The van der Waals surface area contributed by atoms with Crippen LogP contribution in [0.1, 0.15) is 6.42 Å². The van der Waals surface area contributed by atoms with Crippen molar-refractivity contribution in [2.75, 3.05) is 0 Å². The van der Waals surface area contributed by atoms with Gasteiger partial charge >= 0.3 is 10.8 Å². The molecular formula is C7H12Br2F4Si. The molecule has 0 saturated carbocycles. The molecule has 0 aliphatic rings. The second-order valence-electron chi connectivity index (χ2n) is 4.24. The van der Waals surface area contributed by atoms with Gasteiger partial charge < -0.3 is 0 Å². The van der Waals surface area contributed by atoms with Crippen LogP contribution in [-0.2, 0) is 0 Å². The Morgan fingerprint density at radius 3 is 1.71 bits per heavy atom. The van der Waals surface area contributed by atoms with Gasteiger partial charge in [0.25, 0.3) is 0 Å². The summed E-state index contributed by atoms with van der Waals surface area (Å²) in [5.74, 6) is -4.01. The molecule has 0 rings (SSSR count). The number of hydrogen-bond acceptors (Lipinski definition) is 0. The smallest absolute Gasteiger partial charge is 0.199 e. The van der Waals surface area contributed by atoms with Crippen molar-refractivity contribution < 1.29 is 17.6 Å². The van der Waals surface area contributed by atoms with E-state index in [1.165, 1.54) is 0 Å². The lowest BCUT2D eigenvalue weighted by Gasteiger charge is -2.29. The summed E-state index contributed by atoms with van der Waals surface area (Å²) in [6.45, 7) is 5.53. The van der Waals surface area contributed by atoms with E-state index in [0.29, 0.717) is 0 Å². The van der Waals surface area contributed by atoms with Crippen molar-refractivity contribution in [2.45, 2.75) is 41.3 Å². The van der Waals surface area contributed by atoms with Gasteiger partial charge in [-0.05, 0) is 15.9 Å². The summed E-state index contributed by atoms with van der Waals surface area (Å²) < 4.78 is 50.1. The lowest BCUT2D eigenvalue weighted by Crippen LogP contribution is -2.44. The molecule has 0 fully saturated rings. The van der Waals surface area contributed by atoms with Crippen molar-refractivity contribution in [1.82, 2.24) is 0 Å². The standard InChI is InChI=1S/C7H12Br2F4Si/c1-14(2,3)5(8)4-6(10,11)7(9,12)13/h5H,4H2,1-3H3. The number of rotatable bonds is 4. The summed E-state index contributed by atoms with van der Waals surface area (Å²) in [5.41, 5.74) is 0. The van der Waals surface area contributed by atoms with Crippen LogP contribution in [0.25, 0.3) is 0 Å². The van der Waals surface area contributed by atoms with Gasteiger partial charge in [0.2, 0.25) is 0 Å². The third kappa shape index (κ3) is 4.18. The van der Waals surface area contributed by atoms with E-state index in [1.54, 1.807) is 15.9 Å². The first kappa shape index (κ1) is 14.9. The number of alkyl halides is 6. The Morgan fingerprint density at radius 1 is 1.14 bits per heavy atom. The molecule has 0 aromatic heterocycles. The van der Waals surface area contributed by atoms with Crippen LogP contribution in [0.4, 0.5) is 17.6 Å². The molecular weight excluding hydrogens is 348 g/mol. The van der Waals surface area contributed by atoms with Crippen molar-refractivity contribution in [2.24, 2.45) is 0 Å². The minimum atomic E-state index is -4.13. The Bertz CT molecular complexity index is 197. The maximum atomic E-state index is 12.9. The van der Waals surface area contributed by atoms with Gasteiger partial charge in [0.05, 0.1) is 8.07 Å². The zero-order valence-corrected chi connectivity index (χ0v) is 12.2. The quantitative estimate of drug-likeness (QED) is 0.389. The Balaban J connectivity index is 4.53. The van der Waals surface area contributed by atoms with Crippen LogP contribution < -0.4 is 0 Å². The van der Waals surface area contributed by atoms with E-state index in [-0.39, 0.29) is 0 Å². The molecule has 0 radical (unpaired) electrons. The molecule has 14 heavy (non-hydrogen) atoms. The highest BCUT2D eigenvalue weighted by Crippen LogP contribution is 2.44. The SMILES string of the molecule is C[Si](C)(C)C(Br)CC(F)(F)C(F)(F)Br. The molecule has 0 aliphatic carbocycles. The molecule has 1 atom stereocenters. The topological polar surface area (TPSA) is 0 Å². The maximum absolute atomic E-state index is 12.9. The molecule has 86 valence electrons. The summed E-state index contributed by atoms with van der Waals surface area (Å²) in [7, 11) is -1.87. The summed E-state index contributed by atoms with van der Waals surface area (Å²) in [5, 5.41) is 0. The number of hydrogen-bond donors (Lipinski definition) is 0. The lowest BCUT2D eigenvalue weighted by atomic mass is 10.3. The molecule has 0 N–H and O–H groups in total. The van der Waals surface area contributed by atoms with Crippen LogP contribution in [0.15, 0.2) is 0 Å². The van der Waals surface area contributed by atoms with E-state index >= 15 is 0 Å². The Kier molecular flexibility index (Phi) is 4.69. The predicted octanol–water partition coefficient (Wildman–Crippen LogP) is 4.64. The Labute approximate surface area is 98.7 Å². The molecule has 0 amide bonds. The Hall–Kier alpha value is 0.897. The van der Waals surface area contributed by atoms with Gasteiger partial charge in [-0.15, -0.1) is 0 Å². The number of halogens is 6. The lowest BCUT2D eigenvalue weighted by molar-refractivity contribution is -0.148. The molecule has 0 spiro atoms. The van der Waals surface area contributed by atoms with Crippen LogP contribution in [0.2, 0.25) is 19.6 Å². The average molecular weight is 360 g/mol. The molecule has 0 aromatic carbocycles. The van der Waals surface area contributed by atoms with Gasteiger partial charge in [0.1, 0.15) is 0 Å². The Morgan fingerprint density at radius 2 is 1.50 bits per heavy atom. The summed E-state index contributed by atoms with van der Waals surface area (Å²) in [6, 6.07) is 0. The second-order valence-corrected chi connectivity index (χ2v) is 12.6. The zero-order chi connectivity index (χ0) is 11.8. The summed E-state index contributed by atoms with van der Waals surface area (Å²) in [6.07, 6.45) is -0.846. The maximum Gasteiger partial charge on any atom is 0.363 e. The molecule has 0 bridgehead atoms. The van der Waals surface area contributed by atoms with Crippen molar-refractivity contribution in [3.63, 3.8) is 0 Å². The highest BCUT2D eigenvalue weighted by molar-refractivity contribution is 9.10. The van der Waals surface area contributed by atoms with Crippen LogP contribution in [0, 0.1) is 0 Å². The third-order valence-corrected chi connectivity index (χ3v) is 8.90. The van der Waals surface area contributed by atoms with E-state index < -0.39 is 29.7 Å². The fourth-order valence-electron chi connectivity index (χ4n) is 0.647. The van der Waals surface area contributed by atoms with Crippen LogP contribution in [0.5, 0.6) is 0 Å². The normalized spacial score (nSPS) is 16.9. The fourth-order valence-corrected chi connectivity index (χ4v) is 2.08. The van der Waals surface area contributed by atoms with E-state index in [0.717, 1.165) is 0 Å². The highest BCUT2D eigenvalue weighted by atomic mass is 79.9. The van der Waals surface area contributed by atoms with Crippen molar-refractivity contribution in [1.29, 1.82) is 0 Å². The molecule has 0 aromatic rings. The van der Waals surface area contributed by atoms with Crippen LogP contribution in [0.3, 0.4) is 0 Å². The second kappa shape index (κ2) is 4.41. The molecule has 1 unspecified atom stereocenters. The minimum Gasteiger partial charge on any atom is -0.199 e. The van der Waals surface area contributed by atoms with Gasteiger partial charge in [0, 0.05) is 10.9 Å². The predicted molar refractivity (Wildman–Crippen MR) is 59.5 cm³/mol. The van der Waals surface area contributed by atoms with Gasteiger partial charge in [-0.1, -0.05) is 35.6 Å². The summed E-state index contributed by atoms with van der Waals surface area (Å²) >= 11 is 4.76. The first-order chi connectivity index (χ1) is 5.88. The van der Waals surface area contributed by atoms with E-state index in [4.69, 9.17) is 0 Å². The van der Waals surface area contributed by atoms with Crippen molar-refractivity contribution in [3.8, 4) is 0 Å². The van der Waals surface area contributed by atoms with E-state index in [9.17, 15) is 17.6 Å². The molecule has 0 saturated heterocycles. The fraction of sp³-hybridized carbons (Fsp3) is 1.00.